The van der Waals surface area contributed by atoms with Crippen molar-refractivity contribution in [3.8, 4) is 5.75 Å². The third kappa shape index (κ3) is 4.48. The molecule has 5 heteroatoms. The van der Waals surface area contributed by atoms with Gasteiger partial charge in [0.15, 0.2) is 0 Å². The second kappa shape index (κ2) is 7.99. The number of nitrogens with one attached hydrogen (secondary N) is 1. The zero-order valence-corrected chi connectivity index (χ0v) is 14.7. The molecule has 0 saturated heterocycles. The molecular formula is C20H19ClN2O2. The lowest BCUT2D eigenvalue weighted by molar-refractivity contribution is -0.115. The Kier molecular flexibility index (Phi) is 5.51. The Morgan fingerprint density at radius 2 is 2.00 bits per heavy atom. The van der Waals surface area contributed by atoms with Crippen molar-refractivity contribution in [2.75, 3.05) is 6.61 Å². The van der Waals surface area contributed by atoms with E-state index in [1.807, 2.05) is 55.5 Å². The van der Waals surface area contributed by atoms with Crippen LogP contribution in [0.5, 0.6) is 5.75 Å². The van der Waals surface area contributed by atoms with Crippen LogP contribution in [0, 0.1) is 0 Å². The quantitative estimate of drug-likeness (QED) is 0.789. The van der Waals surface area contributed by atoms with Crippen LogP contribution < -0.4 is 10.1 Å². The van der Waals surface area contributed by atoms with Crippen molar-refractivity contribution in [1.82, 2.24) is 5.32 Å². The van der Waals surface area contributed by atoms with E-state index in [0.29, 0.717) is 24.6 Å². The summed E-state index contributed by atoms with van der Waals surface area (Å²) >= 11 is 6.16. The summed E-state index contributed by atoms with van der Waals surface area (Å²) in [4.78, 5) is 16.5. The highest BCUT2D eigenvalue weighted by molar-refractivity contribution is 6.31. The summed E-state index contributed by atoms with van der Waals surface area (Å²) in [5.41, 5.74) is 2.33. The smallest absolute Gasteiger partial charge is 0.275 e. The van der Waals surface area contributed by atoms with E-state index in [1.54, 1.807) is 6.08 Å². The fourth-order valence-corrected chi connectivity index (χ4v) is 2.84. The summed E-state index contributed by atoms with van der Waals surface area (Å²) in [5, 5.41) is 3.55. The zero-order chi connectivity index (χ0) is 17.6. The Bertz CT molecular complexity index is 843. The van der Waals surface area contributed by atoms with Gasteiger partial charge in [-0.3, -0.25) is 4.79 Å². The minimum atomic E-state index is -0.184. The van der Waals surface area contributed by atoms with Crippen molar-refractivity contribution in [2.24, 2.45) is 4.99 Å². The second-order valence-corrected chi connectivity index (χ2v) is 6.05. The van der Waals surface area contributed by atoms with E-state index in [0.717, 1.165) is 28.3 Å². The van der Waals surface area contributed by atoms with Gasteiger partial charge >= 0.3 is 0 Å². The topological polar surface area (TPSA) is 50.7 Å². The molecule has 2 aromatic rings. The number of hydrogen-bond acceptors (Lipinski definition) is 3. The Hall–Kier alpha value is -2.59. The van der Waals surface area contributed by atoms with Gasteiger partial charge in [0.05, 0.1) is 6.61 Å². The first-order valence-corrected chi connectivity index (χ1v) is 8.60. The van der Waals surface area contributed by atoms with E-state index in [2.05, 4.69) is 10.3 Å². The number of aliphatic imine (C=N–C) groups is 1. The highest BCUT2D eigenvalue weighted by Gasteiger charge is 2.19. The lowest BCUT2D eigenvalue weighted by Gasteiger charge is -2.03. The normalized spacial score (nSPS) is 15.2. The fraction of sp³-hybridized carbons (Fsp3) is 0.200. The third-order valence-corrected chi connectivity index (χ3v) is 4.18. The molecule has 1 aliphatic rings. The van der Waals surface area contributed by atoms with E-state index in [1.165, 1.54) is 0 Å². The van der Waals surface area contributed by atoms with Crippen LogP contribution in [0.3, 0.4) is 0 Å². The van der Waals surface area contributed by atoms with Crippen LogP contribution in [0.4, 0.5) is 0 Å². The average molecular weight is 355 g/mol. The van der Waals surface area contributed by atoms with Gasteiger partial charge in [-0.25, -0.2) is 4.99 Å². The number of halogens is 1. The summed E-state index contributed by atoms with van der Waals surface area (Å²) in [6, 6.07) is 15.3. The maximum Gasteiger partial charge on any atom is 0.275 e. The number of rotatable bonds is 6. The Morgan fingerprint density at radius 3 is 2.80 bits per heavy atom. The van der Waals surface area contributed by atoms with Crippen molar-refractivity contribution in [3.63, 3.8) is 0 Å². The number of benzene rings is 2. The van der Waals surface area contributed by atoms with E-state index in [9.17, 15) is 4.79 Å². The summed E-state index contributed by atoms with van der Waals surface area (Å²) in [6.07, 6.45) is 3.12. The van der Waals surface area contributed by atoms with Crippen molar-refractivity contribution in [3.05, 3.63) is 70.4 Å². The van der Waals surface area contributed by atoms with Crippen molar-refractivity contribution in [1.29, 1.82) is 0 Å². The van der Waals surface area contributed by atoms with Gasteiger partial charge in [0.25, 0.3) is 5.91 Å². The van der Waals surface area contributed by atoms with E-state index in [4.69, 9.17) is 16.3 Å². The summed E-state index contributed by atoms with van der Waals surface area (Å²) < 4.78 is 5.48. The first kappa shape index (κ1) is 17.2. The molecule has 0 spiro atoms. The largest absolute Gasteiger partial charge is 0.494 e. The van der Waals surface area contributed by atoms with Gasteiger partial charge in [-0.15, -0.1) is 0 Å². The Labute approximate surface area is 152 Å². The maximum atomic E-state index is 12.1. The molecule has 0 unspecified atom stereocenters. The second-order valence-electron chi connectivity index (χ2n) is 5.64. The number of hydrogen-bond donors (Lipinski definition) is 1. The molecule has 1 amide bonds. The van der Waals surface area contributed by atoms with Crippen LogP contribution in [-0.2, 0) is 11.2 Å². The number of ether oxygens (including phenoxy) is 1. The van der Waals surface area contributed by atoms with Crippen LogP contribution in [-0.4, -0.2) is 18.3 Å². The highest BCUT2D eigenvalue weighted by atomic mass is 35.5. The van der Waals surface area contributed by atoms with Crippen molar-refractivity contribution in [2.45, 2.75) is 19.8 Å². The van der Waals surface area contributed by atoms with Crippen molar-refractivity contribution < 1.29 is 9.53 Å². The Balaban J connectivity index is 1.71. The number of amidine groups is 1. The number of carbonyl (C=O) groups is 1. The maximum absolute atomic E-state index is 12.1. The van der Waals surface area contributed by atoms with Gasteiger partial charge in [0, 0.05) is 11.4 Å². The molecule has 0 bridgehead atoms. The summed E-state index contributed by atoms with van der Waals surface area (Å²) in [6.45, 7) is 2.54. The number of aryl methyl sites for hydroxylation is 1. The molecule has 1 N–H and O–H groups in total. The molecule has 0 saturated carbocycles. The van der Waals surface area contributed by atoms with Crippen LogP contribution in [0.1, 0.15) is 24.5 Å². The van der Waals surface area contributed by atoms with Gasteiger partial charge in [0.2, 0.25) is 0 Å². The molecule has 0 atom stereocenters. The SMILES string of the molecule is CCOc1cccc(/C=C2/N=C(CCc3ccccc3Cl)NC2=O)c1. The molecule has 128 valence electrons. The van der Waals surface area contributed by atoms with Crippen LogP contribution >= 0.6 is 11.6 Å². The van der Waals surface area contributed by atoms with Gasteiger partial charge in [-0.2, -0.15) is 0 Å². The minimum Gasteiger partial charge on any atom is -0.494 e. The van der Waals surface area contributed by atoms with Gasteiger partial charge < -0.3 is 10.1 Å². The zero-order valence-electron chi connectivity index (χ0n) is 14.0. The van der Waals surface area contributed by atoms with Gasteiger partial charge in [-0.05, 0) is 48.7 Å². The molecule has 1 heterocycles. The van der Waals surface area contributed by atoms with Crippen LogP contribution in [0.15, 0.2) is 59.2 Å². The fourth-order valence-electron chi connectivity index (χ4n) is 2.61. The molecule has 4 nitrogen and oxygen atoms in total. The highest BCUT2D eigenvalue weighted by Crippen LogP contribution is 2.20. The summed E-state index contributed by atoms with van der Waals surface area (Å²) in [7, 11) is 0. The molecule has 0 aliphatic carbocycles. The molecule has 0 fully saturated rings. The van der Waals surface area contributed by atoms with E-state index < -0.39 is 0 Å². The molecule has 3 rings (SSSR count). The van der Waals surface area contributed by atoms with E-state index in [-0.39, 0.29) is 5.91 Å². The Morgan fingerprint density at radius 1 is 1.16 bits per heavy atom. The lowest BCUT2D eigenvalue weighted by Crippen LogP contribution is -2.24. The predicted octanol–water partition coefficient (Wildman–Crippen LogP) is 4.24. The minimum absolute atomic E-state index is 0.184. The predicted molar refractivity (Wildman–Crippen MR) is 101 cm³/mol. The average Bonchev–Trinajstić information content (AvgIpc) is 2.94. The van der Waals surface area contributed by atoms with Crippen LogP contribution in [0.2, 0.25) is 5.02 Å². The molecule has 25 heavy (non-hydrogen) atoms. The van der Waals surface area contributed by atoms with Gasteiger partial charge in [-0.1, -0.05) is 41.9 Å². The summed E-state index contributed by atoms with van der Waals surface area (Å²) in [5.74, 6) is 1.26. The molecule has 0 aromatic heterocycles. The van der Waals surface area contributed by atoms with Gasteiger partial charge in [0.1, 0.15) is 17.3 Å². The molecule has 1 aliphatic heterocycles. The molecule has 0 radical (unpaired) electrons. The lowest BCUT2D eigenvalue weighted by atomic mass is 10.1. The molecular weight excluding hydrogens is 336 g/mol. The number of carbonyl (C=O) groups excluding carboxylic acids is 1. The van der Waals surface area contributed by atoms with E-state index >= 15 is 0 Å². The molecule has 2 aromatic carbocycles. The monoisotopic (exact) mass is 354 g/mol. The first-order valence-electron chi connectivity index (χ1n) is 8.22. The first-order chi connectivity index (χ1) is 12.2. The number of amides is 1. The van der Waals surface area contributed by atoms with Crippen molar-refractivity contribution >= 4 is 29.4 Å². The standard InChI is InChI=1S/C20H19ClN2O2/c1-2-25-16-8-5-6-14(12-16)13-18-20(24)23-19(22-18)11-10-15-7-3-4-9-17(15)21/h3-9,12-13H,2,10-11H2,1H3,(H,22,23,24)/b18-13+. The van der Waals surface area contributed by atoms with Crippen LogP contribution in [0.25, 0.3) is 6.08 Å². The number of nitrogens with zero attached hydrogens (tertiary/aromatic N) is 1. The third-order valence-electron chi connectivity index (χ3n) is 3.81.